The quantitative estimate of drug-likeness (QED) is 0.785. The van der Waals surface area contributed by atoms with Gasteiger partial charge in [-0.25, -0.2) is 4.39 Å². The van der Waals surface area contributed by atoms with E-state index in [4.69, 9.17) is 0 Å². The van der Waals surface area contributed by atoms with E-state index in [-0.39, 0.29) is 5.92 Å². The van der Waals surface area contributed by atoms with E-state index >= 15 is 0 Å². The minimum atomic E-state index is -0.682. The van der Waals surface area contributed by atoms with Crippen molar-refractivity contribution in [3.63, 3.8) is 0 Å². The Kier molecular flexibility index (Phi) is 3.37. The van der Waals surface area contributed by atoms with Crippen LogP contribution in [-0.4, -0.2) is 19.3 Å². The second-order valence-corrected chi connectivity index (χ2v) is 4.40. The summed E-state index contributed by atoms with van der Waals surface area (Å²) >= 11 is 0. The lowest BCUT2D eigenvalue weighted by Crippen LogP contribution is -2.38. The molecule has 1 nitrogen and oxygen atoms in total. The van der Waals surface area contributed by atoms with Crippen LogP contribution in [0.25, 0.3) is 0 Å². The van der Waals surface area contributed by atoms with E-state index < -0.39 is 6.17 Å². The molecule has 0 aromatic heterocycles. The molecule has 1 aromatic rings. The van der Waals surface area contributed by atoms with Crippen LogP contribution in [0.3, 0.4) is 0 Å². The van der Waals surface area contributed by atoms with Gasteiger partial charge in [0.25, 0.3) is 0 Å². The van der Waals surface area contributed by atoms with Gasteiger partial charge in [-0.1, -0.05) is 24.3 Å². The van der Waals surface area contributed by atoms with Crippen LogP contribution >= 0.6 is 0 Å². The Hall–Kier alpha value is -0.890. The van der Waals surface area contributed by atoms with Crippen molar-refractivity contribution in [3.05, 3.63) is 35.4 Å². The molecule has 0 bridgehead atoms. The van der Waals surface area contributed by atoms with E-state index in [1.165, 1.54) is 11.1 Å². The van der Waals surface area contributed by atoms with Crippen molar-refractivity contribution in [1.29, 1.82) is 0 Å². The Morgan fingerprint density at radius 2 is 2.20 bits per heavy atom. The summed E-state index contributed by atoms with van der Waals surface area (Å²) in [5, 5.41) is 3.09. The van der Waals surface area contributed by atoms with E-state index in [2.05, 4.69) is 24.4 Å². The lowest BCUT2D eigenvalue weighted by molar-refractivity contribution is 0.179. The number of piperidine rings is 1. The van der Waals surface area contributed by atoms with Gasteiger partial charge in [0.15, 0.2) is 0 Å². The van der Waals surface area contributed by atoms with E-state index in [1.807, 2.05) is 12.1 Å². The first-order valence-electron chi connectivity index (χ1n) is 5.66. The molecule has 0 aliphatic carbocycles. The summed E-state index contributed by atoms with van der Waals surface area (Å²) in [7, 11) is 0. The van der Waals surface area contributed by atoms with Crippen LogP contribution in [0.5, 0.6) is 0 Å². The maximum Gasteiger partial charge on any atom is 0.116 e. The zero-order chi connectivity index (χ0) is 10.7. The zero-order valence-electron chi connectivity index (χ0n) is 9.17. The van der Waals surface area contributed by atoms with Crippen LogP contribution in [0.2, 0.25) is 0 Å². The number of rotatable bonds is 2. The molecule has 0 spiro atoms. The minimum absolute atomic E-state index is 0.201. The highest BCUT2D eigenvalue weighted by Crippen LogP contribution is 2.22. The molecule has 0 amide bonds. The third-order valence-electron chi connectivity index (χ3n) is 3.29. The molecule has 1 heterocycles. The molecular weight excluding hydrogens is 189 g/mol. The Morgan fingerprint density at radius 1 is 1.40 bits per heavy atom. The van der Waals surface area contributed by atoms with Crippen LogP contribution in [0, 0.1) is 12.8 Å². The predicted molar refractivity (Wildman–Crippen MR) is 60.8 cm³/mol. The number of alkyl halides is 1. The highest BCUT2D eigenvalue weighted by atomic mass is 19.1. The van der Waals surface area contributed by atoms with Crippen molar-refractivity contribution in [2.24, 2.45) is 5.92 Å². The molecule has 2 heteroatoms. The molecule has 2 atom stereocenters. The zero-order valence-corrected chi connectivity index (χ0v) is 9.17. The fourth-order valence-corrected chi connectivity index (χ4v) is 2.23. The van der Waals surface area contributed by atoms with E-state index in [1.54, 1.807) is 0 Å². The molecule has 82 valence electrons. The van der Waals surface area contributed by atoms with Gasteiger partial charge in [-0.2, -0.15) is 0 Å². The number of nitrogens with one attached hydrogen (secondary N) is 1. The Balaban J connectivity index is 2.04. The summed E-state index contributed by atoms with van der Waals surface area (Å²) in [5.41, 5.74) is 2.58. The number of halogens is 1. The molecule has 1 aliphatic rings. The van der Waals surface area contributed by atoms with Crippen molar-refractivity contribution < 1.29 is 4.39 Å². The van der Waals surface area contributed by atoms with Gasteiger partial charge in [-0.3, -0.25) is 0 Å². The van der Waals surface area contributed by atoms with Crippen molar-refractivity contribution in [3.8, 4) is 0 Å². The van der Waals surface area contributed by atoms with Gasteiger partial charge in [0.2, 0.25) is 0 Å². The van der Waals surface area contributed by atoms with Crippen LogP contribution in [0.4, 0.5) is 4.39 Å². The average Bonchev–Trinajstić information content (AvgIpc) is 2.24. The normalized spacial score (nSPS) is 26.5. The molecule has 1 aromatic carbocycles. The second-order valence-electron chi connectivity index (χ2n) is 4.40. The molecule has 1 fully saturated rings. The maximum absolute atomic E-state index is 13.6. The Morgan fingerprint density at radius 3 is 2.93 bits per heavy atom. The monoisotopic (exact) mass is 207 g/mol. The summed E-state index contributed by atoms with van der Waals surface area (Å²) in [5.74, 6) is 0.201. The molecule has 1 N–H and O–H groups in total. The lowest BCUT2D eigenvalue weighted by Gasteiger charge is -2.27. The number of hydrogen-bond acceptors (Lipinski definition) is 1. The fraction of sp³-hybridized carbons (Fsp3) is 0.538. The number of aryl methyl sites for hydroxylation is 1. The SMILES string of the molecule is Cc1ccccc1CC1CCNCC1F. The first kappa shape index (κ1) is 10.6. The summed E-state index contributed by atoms with van der Waals surface area (Å²) in [4.78, 5) is 0. The summed E-state index contributed by atoms with van der Waals surface area (Å²) < 4.78 is 13.6. The summed E-state index contributed by atoms with van der Waals surface area (Å²) in [6, 6.07) is 8.29. The second kappa shape index (κ2) is 4.75. The van der Waals surface area contributed by atoms with Crippen LogP contribution in [0.15, 0.2) is 24.3 Å². The number of hydrogen-bond donors (Lipinski definition) is 1. The third kappa shape index (κ3) is 2.57. The van der Waals surface area contributed by atoms with Gasteiger partial charge < -0.3 is 5.32 Å². The van der Waals surface area contributed by atoms with E-state index in [0.29, 0.717) is 6.54 Å². The first-order chi connectivity index (χ1) is 7.27. The largest absolute Gasteiger partial charge is 0.314 e. The van der Waals surface area contributed by atoms with E-state index in [9.17, 15) is 4.39 Å². The topological polar surface area (TPSA) is 12.0 Å². The third-order valence-corrected chi connectivity index (χ3v) is 3.29. The first-order valence-corrected chi connectivity index (χ1v) is 5.66. The van der Waals surface area contributed by atoms with Crippen molar-refractivity contribution >= 4 is 0 Å². The number of benzene rings is 1. The van der Waals surface area contributed by atoms with Gasteiger partial charge in [0, 0.05) is 6.54 Å². The van der Waals surface area contributed by atoms with Crippen LogP contribution in [0.1, 0.15) is 17.5 Å². The van der Waals surface area contributed by atoms with Gasteiger partial charge >= 0.3 is 0 Å². The van der Waals surface area contributed by atoms with Crippen LogP contribution in [-0.2, 0) is 6.42 Å². The van der Waals surface area contributed by atoms with Gasteiger partial charge in [-0.05, 0) is 43.4 Å². The summed E-state index contributed by atoms with van der Waals surface area (Å²) in [6.07, 6.45) is 1.16. The maximum atomic E-state index is 13.6. The average molecular weight is 207 g/mol. The van der Waals surface area contributed by atoms with Crippen LogP contribution < -0.4 is 5.32 Å². The van der Waals surface area contributed by atoms with Gasteiger partial charge in [-0.15, -0.1) is 0 Å². The molecule has 1 aliphatic heterocycles. The molecule has 15 heavy (non-hydrogen) atoms. The predicted octanol–water partition coefficient (Wildman–Crippen LogP) is 2.49. The van der Waals surface area contributed by atoms with E-state index in [0.717, 1.165) is 19.4 Å². The lowest BCUT2D eigenvalue weighted by atomic mass is 9.88. The highest BCUT2D eigenvalue weighted by molar-refractivity contribution is 5.26. The smallest absolute Gasteiger partial charge is 0.116 e. The standard InChI is InChI=1S/C13H18FN/c1-10-4-2-3-5-11(10)8-12-6-7-15-9-13(12)14/h2-5,12-13,15H,6-9H2,1H3. The molecule has 2 rings (SSSR count). The summed E-state index contributed by atoms with van der Waals surface area (Å²) in [6.45, 7) is 3.58. The van der Waals surface area contributed by atoms with Crippen molar-refractivity contribution in [2.75, 3.05) is 13.1 Å². The molecular formula is C13H18FN. The molecule has 2 unspecified atom stereocenters. The molecule has 0 saturated carbocycles. The fourth-order valence-electron chi connectivity index (χ4n) is 2.23. The van der Waals surface area contributed by atoms with Crippen molar-refractivity contribution in [2.45, 2.75) is 25.9 Å². The Labute approximate surface area is 90.7 Å². The Bertz CT molecular complexity index is 324. The highest BCUT2D eigenvalue weighted by Gasteiger charge is 2.24. The molecule has 1 saturated heterocycles. The van der Waals surface area contributed by atoms with Gasteiger partial charge in [0.1, 0.15) is 6.17 Å². The van der Waals surface area contributed by atoms with Crippen molar-refractivity contribution in [1.82, 2.24) is 5.32 Å². The minimum Gasteiger partial charge on any atom is -0.314 e. The molecule has 0 radical (unpaired) electrons. The van der Waals surface area contributed by atoms with Gasteiger partial charge in [0.05, 0.1) is 0 Å².